The fraction of sp³-hybridized carbons (Fsp3) is 0.296. The molecule has 3 aromatic carbocycles. The molecule has 1 saturated carbocycles. The summed E-state index contributed by atoms with van der Waals surface area (Å²) in [7, 11) is 0.466. The molecule has 0 amide bonds. The Hall–Kier alpha value is -2.96. The Balaban J connectivity index is 1.38. The van der Waals surface area contributed by atoms with Gasteiger partial charge in [-0.3, -0.25) is 4.79 Å². The zero-order valence-corrected chi connectivity index (χ0v) is 19.7. The Morgan fingerprint density at radius 3 is 2.39 bits per heavy atom. The standard InChI is InChI=1S/C27H27NO4S/c1-18-3-4-19(15-23(18)20-5-8-22(9-6-20)33(30)28-2)16-26(29)27(11-12-27)21-7-10-24-25(17-21)32-14-13-31-24/h3-10,15,17,28H,11-14,16H2,1-2H3. The van der Waals surface area contributed by atoms with Crippen molar-refractivity contribution in [2.75, 3.05) is 20.3 Å². The molecule has 0 spiro atoms. The van der Waals surface area contributed by atoms with Crippen LogP contribution in [0.2, 0.25) is 0 Å². The van der Waals surface area contributed by atoms with Crippen molar-refractivity contribution >= 4 is 16.8 Å². The summed E-state index contributed by atoms with van der Waals surface area (Å²) in [5, 5.41) is 0. The molecular weight excluding hydrogens is 434 g/mol. The van der Waals surface area contributed by atoms with E-state index in [9.17, 15) is 9.00 Å². The predicted octanol–water partition coefficient (Wildman–Crippen LogP) is 4.52. The number of rotatable bonds is 7. The van der Waals surface area contributed by atoms with E-state index in [-0.39, 0.29) is 5.78 Å². The molecule has 1 aliphatic heterocycles. The lowest BCUT2D eigenvalue weighted by atomic mass is 9.87. The molecule has 5 nitrogen and oxygen atoms in total. The van der Waals surface area contributed by atoms with Crippen molar-refractivity contribution in [2.24, 2.45) is 0 Å². The van der Waals surface area contributed by atoms with Crippen LogP contribution < -0.4 is 14.2 Å². The molecule has 5 rings (SSSR count). The second-order valence-electron chi connectivity index (χ2n) is 8.69. The summed E-state index contributed by atoms with van der Waals surface area (Å²) in [6.07, 6.45) is 2.13. The Kier molecular flexibility index (Phi) is 5.81. The molecule has 0 radical (unpaired) electrons. The number of fused-ring (bicyclic) bond motifs is 1. The van der Waals surface area contributed by atoms with Crippen LogP contribution in [0, 0.1) is 6.92 Å². The van der Waals surface area contributed by atoms with Crippen LogP contribution in [0.15, 0.2) is 65.6 Å². The van der Waals surface area contributed by atoms with Crippen LogP contribution in [0.4, 0.5) is 0 Å². The van der Waals surface area contributed by atoms with E-state index in [0.29, 0.717) is 19.6 Å². The molecule has 0 aromatic heterocycles. The molecule has 2 aliphatic rings. The molecule has 1 aliphatic carbocycles. The average molecular weight is 462 g/mol. The van der Waals surface area contributed by atoms with Crippen LogP contribution in [0.3, 0.4) is 0 Å². The number of aryl methyl sites for hydroxylation is 1. The summed E-state index contributed by atoms with van der Waals surface area (Å²) in [6.45, 7) is 3.16. The number of hydrogen-bond acceptors (Lipinski definition) is 4. The molecule has 170 valence electrons. The van der Waals surface area contributed by atoms with Gasteiger partial charge in [0.25, 0.3) is 0 Å². The predicted molar refractivity (Wildman–Crippen MR) is 129 cm³/mol. The second-order valence-corrected chi connectivity index (χ2v) is 10.1. The summed E-state index contributed by atoms with van der Waals surface area (Å²) in [4.78, 5) is 14.2. The van der Waals surface area contributed by atoms with Gasteiger partial charge in [-0.05, 0) is 78.9 Å². The second kappa shape index (κ2) is 8.76. The van der Waals surface area contributed by atoms with E-state index < -0.39 is 16.4 Å². The minimum absolute atomic E-state index is 0.244. The number of nitrogens with one attached hydrogen (secondary N) is 1. The van der Waals surface area contributed by atoms with E-state index in [1.807, 2.05) is 48.5 Å². The van der Waals surface area contributed by atoms with Gasteiger partial charge in [0.2, 0.25) is 0 Å². The van der Waals surface area contributed by atoms with Gasteiger partial charge in [-0.1, -0.05) is 36.4 Å². The molecule has 1 N–H and O–H groups in total. The molecule has 3 aromatic rings. The normalized spacial score (nSPS) is 16.8. The quantitative estimate of drug-likeness (QED) is 0.562. The van der Waals surface area contributed by atoms with Crippen LogP contribution in [-0.2, 0) is 27.6 Å². The van der Waals surface area contributed by atoms with Crippen LogP contribution in [0.1, 0.15) is 29.5 Å². The third kappa shape index (κ3) is 4.21. The molecule has 1 fully saturated rings. The monoisotopic (exact) mass is 461 g/mol. The fourth-order valence-corrected chi connectivity index (χ4v) is 5.13. The van der Waals surface area contributed by atoms with Crippen molar-refractivity contribution in [3.05, 3.63) is 77.4 Å². The van der Waals surface area contributed by atoms with E-state index in [1.165, 1.54) is 0 Å². The summed E-state index contributed by atoms with van der Waals surface area (Å²) in [6, 6.07) is 19.9. The molecule has 1 heterocycles. The van der Waals surface area contributed by atoms with Crippen molar-refractivity contribution < 1.29 is 18.5 Å². The summed E-state index contributed by atoms with van der Waals surface area (Å²) in [5.74, 6) is 1.73. The summed E-state index contributed by atoms with van der Waals surface area (Å²) in [5.41, 5.74) is 4.89. The molecule has 1 unspecified atom stereocenters. The zero-order chi connectivity index (χ0) is 23.0. The zero-order valence-electron chi connectivity index (χ0n) is 18.9. The smallest absolute Gasteiger partial charge is 0.161 e. The van der Waals surface area contributed by atoms with Gasteiger partial charge in [0.15, 0.2) is 11.5 Å². The Morgan fingerprint density at radius 2 is 1.70 bits per heavy atom. The van der Waals surface area contributed by atoms with E-state index in [4.69, 9.17) is 9.47 Å². The van der Waals surface area contributed by atoms with Crippen LogP contribution in [-0.4, -0.2) is 30.3 Å². The maximum atomic E-state index is 13.4. The van der Waals surface area contributed by atoms with Gasteiger partial charge in [0, 0.05) is 6.42 Å². The number of Topliss-reactive ketones (excluding diaryl/α,β-unsaturated/α-hetero) is 1. The maximum absolute atomic E-state index is 13.4. The van der Waals surface area contributed by atoms with E-state index in [2.05, 4.69) is 23.8 Å². The number of benzene rings is 3. The third-order valence-corrected chi connectivity index (χ3v) is 7.68. The average Bonchev–Trinajstić information content (AvgIpc) is 3.67. The fourth-order valence-electron chi connectivity index (χ4n) is 4.52. The number of ketones is 1. The van der Waals surface area contributed by atoms with Gasteiger partial charge in [-0.25, -0.2) is 8.93 Å². The van der Waals surface area contributed by atoms with Gasteiger partial charge in [0.05, 0.1) is 10.3 Å². The molecule has 0 bridgehead atoms. The van der Waals surface area contributed by atoms with Crippen LogP contribution >= 0.6 is 0 Å². The highest BCUT2D eigenvalue weighted by atomic mass is 32.2. The molecule has 1 atom stereocenters. The van der Waals surface area contributed by atoms with Crippen LogP contribution in [0.25, 0.3) is 11.1 Å². The van der Waals surface area contributed by atoms with Gasteiger partial charge in [-0.2, -0.15) is 0 Å². The number of carbonyl (C=O) groups excluding carboxylic acids is 1. The van der Waals surface area contributed by atoms with Crippen LogP contribution in [0.5, 0.6) is 11.5 Å². The van der Waals surface area contributed by atoms with E-state index in [1.54, 1.807) is 7.05 Å². The van der Waals surface area contributed by atoms with E-state index in [0.717, 1.165) is 57.1 Å². The lowest BCUT2D eigenvalue weighted by Gasteiger charge is -2.21. The molecule has 0 saturated heterocycles. The Bertz CT molecular complexity index is 1230. The molecule has 6 heteroatoms. The van der Waals surface area contributed by atoms with Gasteiger partial charge >= 0.3 is 0 Å². The van der Waals surface area contributed by atoms with Gasteiger partial charge in [0.1, 0.15) is 30.0 Å². The van der Waals surface area contributed by atoms with E-state index >= 15 is 0 Å². The SMILES string of the molecule is CNS(=O)c1ccc(-c2cc(CC(=O)C3(c4ccc5c(c4)OCCO5)CC3)ccc2C)cc1. The van der Waals surface area contributed by atoms with Crippen molar-refractivity contribution in [3.63, 3.8) is 0 Å². The number of carbonyl (C=O) groups is 1. The summed E-state index contributed by atoms with van der Waals surface area (Å²) < 4.78 is 26.1. The highest BCUT2D eigenvalue weighted by Gasteiger charge is 2.50. The highest BCUT2D eigenvalue weighted by molar-refractivity contribution is 7.83. The topological polar surface area (TPSA) is 64.6 Å². The first kappa shape index (κ1) is 21.9. The maximum Gasteiger partial charge on any atom is 0.161 e. The van der Waals surface area contributed by atoms with Crippen molar-refractivity contribution in [1.82, 2.24) is 4.72 Å². The molecular formula is C27H27NO4S. The summed E-state index contributed by atoms with van der Waals surface area (Å²) >= 11 is 0. The first-order valence-corrected chi connectivity index (χ1v) is 12.4. The number of hydrogen-bond donors (Lipinski definition) is 1. The third-order valence-electron chi connectivity index (χ3n) is 6.61. The van der Waals surface area contributed by atoms with Crippen molar-refractivity contribution in [2.45, 2.75) is 36.5 Å². The van der Waals surface area contributed by atoms with Crippen molar-refractivity contribution in [1.29, 1.82) is 0 Å². The largest absolute Gasteiger partial charge is 0.486 e. The van der Waals surface area contributed by atoms with Crippen molar-refractivity contribution in [3.8, 4) is 22.6 Å². The van der Waals surface area contributed by atoms with Gasteiger partial charge in [-0.15, -0.1) is 0 Å². The minimum Gasteiger partial charge on any atom is -0.486 e. The lowest BCUT2D eigenvalue weighted by molar-refractivity contribution is -0.120. The Morgan fingerprint density at radius 1 is 0.970 bits per heavy atom. The first-order valence-electron chi connectivity index (χ1n) is 11.2. The molecule has 33 heavy (non-hydrogen) atoms. The first-order chi connectivity index (χ1) is 16.0. The minimum atomic E-state index is -1.21. The Labute approximate surface area is 196 Å². The lowest BCUT2D eigenvalue weighted by Crippen LogP contribution is -2.23. The highest BCUT2D eigenvalue weighted by Crippen LogP contribution is 2.51. The van der Waals surface area contributed by atoms with Gasteiger partial charge < -0.3 is 9.47 Å². The number of ether oxygens (including phenoxy) is 2.